The lowest BCUT2D eigenvalue weighted by Gasteiger charge is -2.04. The van der Waals surface area contributed by atoms with E-state index in [-0.39, 0.29) is 0 Å². The average molecular weight is 256 g/mol. The Labute approximate surface area is 109 Å². The zero-order valence-electron chi connectivity index (χ0n) is 11.2. The molecule has 1 rings (SSSR count). The van der Waals surface area contributed by atoms with Gasteiger partial charge in [-0.3, -0.25) is 0 Å². The molecule has 0 atom stereocenters. The molecule has 0 saturated heterocycles. The minimum absolute atomic E-state index is 0.972. The molecule has 1 N–H and O–H groups in total. The second-order valence-corrected chi connectivity index (χ2v) is 5.31. The van der Waals surface area contributed by atoms with E-state index in [1.165, 1.54) is 25.7 Å². The number of unbranched alkanes of at least 4 members (excludes halogenated alkanes) is 3. The quantitative estimate of drug-likeness (QED) is 0.544. The lowest BCUT2D eigenvalue weighted by atomic mass is 10.2. The Bertz CT molecular complexity index is 311. The van der Waals surface area contributed by atoms with Crippen molar-refractivity contribution in [3.8, 4) is 0 Å². The van der Waals surface area contributed by atoms with Gasteiger partial charge in [0.2, 0.25) is 0 Å². The predicted molar refractivity (Wildman–Crippen MR) is 73.5 cm³/mol. The van der Waals surface area contributed by atoms with E-state index < -0.39 is 0 Å². The van der Waals surface area contributed by atoms with Crippen LogP contribution < -0.4 is 5.32 Å². The van der Waals surface area contributed by atoms with Crippen molar-refractivity contribution in [2.45, 2.75) is 44.7 Å². The predicted octanol–water partition coefficient (Wildman–Crippen LogP) is 2.39. The molecule has 0 radical (unpaired) electrons. The van der Waals surface area contributed by atoms with E-state index in [0.717, 1.165) is 29.8 Å². The zero-order chi connectivity index (χ0) is 12.5. The molecular weight excluding hydrogens is 232 g/mol. The maximum Gasteiger partial charge on any atom is 0.190 e. The van der Waals surface area contributed by atoms with E-state index in [1.54, 1.807) is 11.8 Å². The first-order chi connectivity index (χ1) is 8.25. The summed E-state index contributed by atoms with van der Waals surface area (Å²) < 4.78 is 2.03. The first-order valence-electron chi connectivity index (χ1n) is 6.45. The van der Waals surface area contributed by atoms with Crippen molar-refractivity contribution < 1.29 is 0 Å². The Morgan fingerprint density at radius 2 is 2.00 bits per heavy atom. The van der Waals surface area contributed by atoms with Gasteiger partial charge in [-0.05, 0) is 19.9 Å². The van der Waals surface area contributed by atoms with Crippen molar-refractivity contribution in [1.82, 2.24) is 20.1 Å². The van der Waals surface area contributed by atoms with Gasteiger partial charge in [0.1, 0.15) is 5.82 Å². The summed E-state index contributed by atoms with van der Waals surface area (Å²) in [6, 6.07) is 0. The van der Waals surface area contributed by atoms with Crippen LogP contribution in [0.3, 0.4) is 0 Å². The Morgan fingerprint density at radius 1 is 1.18 bits per heavy atom. The van der Waals surface area contributed by atoms with Crippen molar-refractivity contribution in [2.24, 2.45) is 7.05 Å². The van der Waals surface area contributed by atoms with Gasteiger partial charge in [0.15, 0.2) is 5.16 Å². The summed E-state index contributed by atoms with van der Waals surface area (Å²) in [6.45, 7) is 6.40. The molecule has 0 aliphatic rings. The molecule has 0 aromatic carbocycles. The Kier molecular flexibility index (Phi) is 7.28. The van der Waals surface area contributed by atoms with Crippen LogP contribution in [0, 0.1) is 6.92 Å². The third-order valence-electron chi connectivity index (χ3n) is 2.77. The number of aryl methyl sites for hydroxylation is 1. The van der Waals surface area contributed by atoms with E-state index in [9.17, 15) is 0 Å². The number of hydrogen-bond donors (Lipinski definition) is 1. The van der Waals surface area contributed by atoms with E-state index >= 15 is 0 Å². The lowest BCUT2D eigenvalue weighted by molar-refractivity contribution is 0.612. The van der Waals surface area contributed by atoms with Crippen LogP contribution in [0.5, 0.6) is 0 Å². The molecular formula is C12H24N4S. The van der Waals surface area contributed by atoms with Crippen molar-refractivity contribution in [2.75, 3.05) is 18.8 Å². The molecule has 98 valence electrons. The standard InChI is InChI=1S/C12H24N4S/c1-4-5-6-7-8-13-9-10-17-12-15-14-11(2)16(12)3/h13H,4-10H2,1-3H3. The molecule has 17 heavy (non-hydrogen) atoms. The molecule has 0 spiro atoms. The Morgan fingerprint density at radius 3 is 2.65 bits per heavy atom. The monoisotopic (exact) mass is 256 g/mol. The molecule has 1 aromatic rings. The van der Waals surface area contributed by atoms with Gasteiger partial charge in [-0.25, -0.2) is 0 Å². The van der Waals surface area contributed by atoms with Crippen LogP contribution in [0.4, 0.5) is 0 Å². The first-order valence-corrected chi connectivity index (χ1v) is 7.43. The molecule has 1 heterocycles. The van der Waals surface area contributed by atoms with E-state index in [1.807, 2.05) is 18.5 Å². The van der Waals surface area contributed by atoms with E-state index in [0.29, 0.717) is 0 Å². The smallest absolute Gasteiger partial charge is 0.190 e. The molecule has 0 fully saturated rings. The summed E-state index contributed by atoms with van der Waals surface area (Å²) in [6.07, 6.45) is 5.30. The molecule has 4 nitrogen and oxygen atoms in total. The van der Waals surface area contributed by atoms with Crippen LogP contribution in [0.25, 0.3) is 0 Å². The fraction of sp³-hybridized carbons (Fsp3) is 0.833. The second kappa shape index (κ2) is 8.53. The number of thioether (sulfide) groups is 1. The topological polar surface area (TPSA) is 42.7 Å². The van der Waals surface area contributed by atoms with E-state index in [4.69, 9.17) is 0 Å². The molecule has 0 saturated carbocycles. The molecule has 0 bridgehead atoms. The summed E-state index contributed by atoms with van der Waals surface area (Å²) >= 11 is 1.76. The highest BCUT2D eigenvalue weighted by atomic mass is 32.2. The normalized spacial score (nSPS) is 11.0. The molecule has 0 aliphatic heterocycles. The highest BCUT2D eigenvalue weighted by Crippen LogP contribution is 2.13. The van der Waals surface area contributed by atoms with Crippen LogP contribution in [0.1, 0.15) is 38.4 Å². The highest BCUT2D eigenvalue weighted by molar-refractivity contribution is 7.99. The zero-order valence-corrected chi connectivity index (χ0v) is 12.0. The summed E-state index contributed by atoms with van der Waals surface area (Å²) in [5, 5.41) is 12.6. The second-order valence-electron chi connectivity index (χ2n) is 4.25. The molecule has 0 aliphatic carbocycles. The largest absolute Gasteiger partial charge is 0.316 e. The maximum atomic E-state index is 4.12. The van der Waals surface area contributed by atoms with Gasteiger partial charge >= 0.3 is 0 Å². The first kappa shape index (κ1) is 14.5. The highest BCUT2D eigenvalue weighted by Gasteiger charge is 2.04. The van der Waals surface area contributed by atoms with Gasteiger partial charge in [-0.2, -0.15) is 0 Å². The van der Waals surface area contributed by atoms with Gasteiger partial charge in [0.05, 0.1) is 0 Å². The van der Waals surface area contributed by atoms with E-state index in [2.05, 4.69) is 22.4 Å². The Hall–Kier alpha value is -0.550. The lowest BCUT2D eigenvalue weighted by Crippen LogP contribution is -2.18. The van der Waals surface area contributed by atoms with Gasteiger partial charge in [0.25, 0.3) is 0 Å². The van der Waals surface area contributed by atoms with Gasteiger partial charge in [-0.15, -0.1) is 10.2 Å². The summed E-state index contributed by atoms with van der Waals surface area (Å²) in [4.78, 5) is 0. The van der Waals surface area contributed by atoms with Crippen LogP contribution in [-0.4, -0.2) is 33.6 Å². The third-order valence-corrected chi connectivity index (χ3v) is 3.79. The molecule has 0 unspecified atom stereocenters. The fourth-order valence-electron chi connectivity index (χ4n) is 1.53. The summed E-state index contributed by atoms with van der Waals surface area (Å²) in [5.74, 6) is 2.03. The van der Waals surface area contributed by atoms with Crippen molar-refractivity contribution in [3.63, 3.8) is 0 Å². The fourth-order valence-corrected chi connectivity index (χ4v) is 2.38. The minimum Gasteiger partial charge on any atom is -0.316 e. The van der Waals surface area contributed by atoms with Crippen LogP contribution >= 0.6 is 11.8 Å². The number of aromatic nitrogens is 3. The van der Waals surface area contributed by atoms with Crippen molar-refractivity contribution in [3.05, 3.63) is 5.82 Å². The molecule has 1 aromatic heterocycles. The van der Waals surface area contributed by atoms with Crippen LogP contribution in [-0.2, 0) is 7.05 Å². The summed E-state index contributed by atoms with van der Waals surface area (Å²) in [7, 11) is 2.01. The van der Waals surface area contributed by atoms with Crippen LogP contribution in [0.2, 0.25) is 0 Å². The van der Waals surface area contributed by atoms with Crippen molar-refractivity contribution >= 4 is 11.8 Å². The third kappa shape index (κ3) is 5.55. The molecule has 0 amide bonds. The van der Waals surface area contributed by atoms with Gasteiger partial charge in [-0.1, -0.05) is 37.9 Å². The maximum absolute atomic E-state index is 4.12. The number of nitrogens with zero attached hydrogens (tertiary/aromatic N) is 3. The number of rotatable bonds is 9. The minimum atomic E-state index is 0.972. The molecule has 5 heteroatoms. The van der Waals surface area contributed by atoms with Crippen molar-refractivity contribution in [1.29, 1.82) is 0 Å². The number of nitrogens with one attached hydrogen (secondary N) is 1. The van der Waals surface area contributed by atoms with Crippen LogP contribution in [0.15, 0.2) is 5.16 Å². The van der Waals surface area contributed by atoms with Gasteiger partial charge < -0.3 is 9.88 Å². The SMILES string of the molecule is CCCCCCNCCSc1nnc(C)n1C. The summed E-state index contributed by atoms with van der Waals surface area (Å²) in [5.41, 5.74) is 0. The van der Waals surface area contributed by atoms with Gasteiger partial charge in [0, 0.05) is 19.3 Å². The Balaban J connectivity index is 1.99. The number of hydrogen-bond acceptors (Lipinski definition) is 4. The average Bonchev–Trinajstić information content (AvgIpc) is 2.64.